The number of unbranched alkanes of at least 4 members (excludes halogenated alkanes) is 2. The van der Waals surface area contributed by atoms with Crippen LogP contribution in [-0.2, 0) is 0 Å². The van der Waals surface area contributed by atoms with E-state index in [0.717, 1.165) is 25.6 Å². The summed E-state index contributed by atoms with van der Waals surface area (Å²) in [6.07, 6.45) is 7.08. The van der Waals surface area contributed by atoms with Gasteiger partial charge in [0.05, 0.1) is 0 Å². The summed E-state index contributed by atoms with van der Waals surface area (Å²) in [6, 6.07) is 0. The summed E-state index contributed by atoms with van der Waals surface area (Å²) < 4.78 is 0. The first-order valence-electron chi connectivity index (χ1n) is 6.74. The Labute approximate surface area is 135 Å². The first-order valence-corrected chi connectivity index (χ1v) is 8.14. The molecule has 0 spiro atoms. The Hall–Kier alpha value is 0.350. The number of rotatable bonds is 9. The van der Waals surface area contributed by atoms with Crippen molar-refractivity contribution in [1.82, 2.24) is 10.2 Å². The number of halogens is 1. The van der Waals surface area contributed by atoms with Crippen LogP contribution in [0.1, 0.15) is 39.5 Å². The second-order valence-corrected chi connectivity index (χ2v) is 5.20. The first-order chi connectivity index (χ1) is 8.26. The minimum Gasteiger partial charge on any atom is -0.357 e. The molecule has 0 bridgehead atoms. The van der Waals surface area contributed by atoms with Crippen molar-refractivity contribution in [2.24, 2.45) is 4.99 Å². The molecule has 18 heavy (non-hydrogen) atoms. The van der Waals surface area contributed by atoms with Crippen LogP contribution in [0.3, 0.4) is 0 Å². The van der Waals surface area contributed by atoms with Gasteiger partial charge in [-0.1, -0.05) is 13.3 Å². The fourth-order valence-electron chi connectivity index (χ4n) is 1.51. The van der Waals surface area contributed by atoms with E-state index in [1.807, 2.05) is 11.8 Å². The maximum absolute atomic E-state index is 4.66. The van der Waals surface area contributed by atoms with Crippen molar-refractivity contribution in [2.75, 3.05) is 38.7 Å². The molecule has 0 saturated carbocycles. The zero-order chi connectivity index (χ0) is 12.9. The summed E-state index contributed by atoms with van der Waals surface area (Å²) in [7, 11) is 2.12. The highest BCUT2D eigenvalue weighted by molar-refractivity contribution is 14.0. The molecular formula is C13H30IN3S. The van der Waals surface area contributed by atoms with Gasteiger partial charge in [0.15, 0.2) is 5.96 Å². The maximum Gasteiger partial charge on any atom is 0.193 e. The second-order valence-electron chi connectivity index (χ2n) is 4.21. The molecule has 3 nitrogen and oxygen atoms in total. The molecule has 0 fully saturated rings. The Morgan fingerprint density at radius 1 is 1.22 bits per heavy atom. The van der Waals surface area contributed by atoms with Crippen LogP contribution in [0.25, 0.3) is 0 Å². The van der Waals surface area contributed by atoms with E-state index in [4.69, 9.17) is 0 Å². The van der Waals surface area contributed by atoms with Gasteiger partial charge in [-0.15, -0.1) is 24.0 Å². The number of hydrogen-bond donors (Lipinski definition) is 1. The predicted octanol–water partition coefficient (Wildman–Crippen LogP) is 3.45. The lowest BCUT2D eigenvalue weighted by atomic mass is 10.3. The highest BCUT2D eigenvalue weighted by Gasteiger charge is 2.03. The first kappa shape index (κ1) is 20.7. The molecular weight excluding hydrogens is 357 g/mol. The fourth-order valence-corrected chi connectivity index (χ4v) is 2.01. The number of hydrogen-bond acceptors (Lipinski definition) is 2. The van der Waals surface area contributed by atoms with E-state index in [0.29, 0.717) is 0 Å². The molecule has 0 amide bonds. The number of nitrogens with zero attached hydrogens (tertiary/aromatic N) is 2. The third kappa shape index (κ3) is 11.4. The lowest BCUT2D eigenvalue weighted by Crippen LogP contribution is -2.39. The van der Waals surface area contributed by atoms with Crippen molar-refractivity contribution in [2.45, 2.75) is 39.5 Å². The molecule has 5 heteroatoms. The molecule has 0 aromatic heterocycles. The van der Waals surface area contributed by atoms with Crippen molar-refractivity contribution < 1.29 is 0 Å². The minimum absolute atomic E-state index is 0. The van der Waals surface area contributed by atoms with E-state index in [-0.39, 0.29) is 24.0 Å². The summed E-state index contributed by atoms with van der Waals surface area (Å²) in [5.41, 5.74) is 0. The van der Waals surface area contributed by atoms with E-state index >= 15 is 0 Å². The zero-order valence-corrected chi connectivity index (χ0v) is 15.5. The van der Waals surface area contributed by atoms with Crippen LogP contribution in [0.4, 0.5) is 0 Å². The Bertz CT molecular complexity index is 201. The van der Waals surface area contributed by atoms with Crippen molar-refractivity contribution >= 4 is 41.7 Å². The fraction of sp³-hybridized carbons (Fsp3) is 0.923. The van der Waals surface area contributed by atoms with Gasteiger partial charge in [0.1, 0.15) is 0 Å². The van der Waals surface area contributed by atoms with Crippen molar-refractivity contribution in [3.05, 3.63) is 0 Å². The zero-order valence-electron chi connectivity index (χ0n) is 12.4. The summed E-state index contributed by atoms with van der Waals surface area (Å²) in [6.45, 7) is 7.32. The van der Waals surface area contributed by atoms with Gasteiger partial charge in [0.25, 0.3) is 0 Å². The molecule has 0 aliphatic carbocycles. The Morgan fingerprint density at radius 2 is 1.94 bits per heavy atom. The van der Waals surface area contributed by atoms with Crippen LogP contribution >= 0.6 is 35.7 Å². The van der Waals surface area contributed by atoms with Crippen LogP contribution in [0, 0.1) is 0 Å². The van der Waals surface area contributed by atoms with Gasteiger partial charge >= 0.3 is 0 Å². The molecule has 0 aromatic carbocycles. The van der Waals surface area contributed by atoms with E-state index in [9.17, 15) is 0 Å². The third-order valence-corrected chi connectivity index (χ3v) is 3.26. The number of thioether (sulfide) groups is 1. The van der Waals surface area contributed by atoms with E-state index in [1.54, 1.807) is 0 Å². The Balaban J connectivity index is 0. The Kier molecular flexibility index (Phi) is 17.7. The Morgan fingerprint density at radius 3 is 2.50 bits per heavy atom. The molecule has 0 radical (unpaired) electrons. The highest BCUT2D eigenvalue weighted by Crippen LogP contribution is 2.00. The normalized spacial score (nSPS) is 11.0. The molecule has 0 atom stereocenters. The summed E-state index contributed by atoms with van der Waals surface area (Å²) in [4.78, 5) is 6.90. The molecule has 0 heterocycles. The van der Waals surface area contributed by atoms with Crippen LogP contribution in [-0.4, -0.2) is 49.6 Å². The second kappa shape index (κ2) is 15.4. The van der Waals surface area contributed by atoms with Gasteiger partial charge in [-0.2, -0.15) is 11.8 Å². The van der Waals surface area contributed by atoms with Crippen molar-refractivity contribution in [3.63, 3.8) is 0 Å². The number of guanidine groups is 1. The quantitative estimate of drug-likeness (QED) is 0.284. The molecule has 0 aliphatic rings. The van der Waals surface area contributed by atoms with E-state index in [1.165, 1.54) is 31.4 Å². The standard InChI is InChI=1S/C13H29N3S.HI/c1-5-7-11-16(3)13(14-6-2)15-10-8-9-12-17-4;/h5-12H2,1-4H3,(H,14,15);1H. The molecule has 1 N–H and O–H groups in total. The molecule has 110 valence electrons. The van der Waals surface area contributed by atoms with E-state index in [2.05, 4.69) is 42.4 Å². The monoisotopic (exact) mass is 387 g/mol. The van der Waals surface area contributed by atoms with Crippen molar-refractivity contribution in [3.8, 4) is 0 Å². The lowest BCUT2D eigenvalue weighted by Gasteiger charge is -2.21. The van der Waals surface area contributed by atoms with Gasteiger partial charge < -0.3 is 10.2 Å². The smallest absolute Gasteiger partial charge is 0.193 e. The molecule has 0 unspecified atom stereocenters. The summed E-state index contributed by atoms with van der Waals surface area (Å²) >= 11 is 1.91. The summed E-state index contributed by atoms with van der Waals surface area (Å²) in [5, 5.41) is 3.35. The molecule has 0 aliphatic heterocycles. The van der Waals surface area contributed by atoms with Crippen LogP contribution < -0.4 is 5.32 Å². The topological polar surface area (TPSA) is 27.6 Å². The average Bonchev–Trinajstić information content (AvgIpc) is 2.34. The average molecular weight is 387 g/mol. The van der Waals surface area contributed by atoms with Gasteiger partial charge in [-0.3, -0.25) is 4.99 Å². The van der Waals surface area contributed by atoms with E-state index < -0.39 is 0 Å². The van der Waals surface area contributed by atoms with Gasteiger partial charge in [-0.05, 0) is 38.2 Å². The highest BCUT2D eigenvalue weighted by atomic mass is 127. The largest absolute Gasteiger partial charge is 0.357 e. The number of aliphatic imine (C=N–C) groups is 1. The minimum atomic E-state index is 0. The lowest BCUT2D eigenvalue weighted by molar-refractivity contribution is 0.464. The van der Waals surface area contributed by atoms with Gasteiger partial charge in [-0.25, -0.2) is 0 Å². The summed E-state index contributed by atoms with van der Waals surface area (Å²) in [5.74, 6) is 2.31. The third-order valence-electron chi connectivity index (χ3n) is 2.56. The molecule has 0 saturated heterocycles. The predicted molar refractivity (Wildman–Crippen MR) is 96.5 cm³/mol. The van der Waals surface area contributed by atoms with Gasteiger partial charge in [0, 0.05) is 26.7 Å². The maximum atomic E-state index is 4.66. The van der Waals surface area contributed by atoms with Crippen LogP contribution in [0.5, 0.6) is 0 Å². The van der Waals surface area contributed by atoms with Crippen LogP contribution in [0.2, 0.25) is 0 Å². The SMILES string of the molecule is CCCCN(C)C(=NCCCCSC)NCC.I. The van der Waals surface area contributed by atoms with Crippen molar-refractivity contribution in [1.29, 1.82) is 0 Å². The molecule has 0 aromatic rings. The van der Waals surface area contributed by atoms with Crippen LogP contribution in [0.15, 0.2) is 4.99 Å². The molecule has 0 rings (SSSR count). The number of nitrogens with one attached hydrogen (secondary N) is 1. The van der Waals surface area contributed by atoms with Gasteiger partial charge in [0.2, 0.25) is 0 Å².